The Hall–Kier alpha value is -5.60. The van der Waals surface area contributed by atoms with Gasteiger partial charge in [0.15, 0.2) is 10.8 Å². The SMILES string of the molecule is CCc1cc(N2C(=S)N(c3cnc(C#N)c(C(F)(F)F)c3)C(=O)C2(C)C)ccc1OC1CC2CCC(C1)N2CC(=O)Nc1cccc(NC2CCC(=O)NC2=O)c1. The molecule has 0 aliphatic carbocycles. The van der Waals surface area contributed by atoms with E-state index < -0.39 is 34.9 Å². The van der Waals surface area contributed by atoms with Gasteiger partial charge in [-0.05, 0) is 113 Å². The highest BCUT2D eigenvalue weighted by Crippen LogP contribution is 2.42. The molecule has 3 N–H and O–H groups in total. The molecule has 3 unspecified atom stereocenters. The molecule has 2 aromatic carbocycles. The minimum atomic E-state index is -4.86. The van der Waals surface area contributed by atoms with E-state index in [1.165, 1.54) is 6.07 Å². The molecule has 1 aromatic heterocycles. The van der Waals surface area contributed by atoms with Crippen LogP contribution in [-0.2, 0) is 31.8 Å². The molecule has 4 aliphatic rings. The Morgan fingerprint density at radius 2 is 1.77 bits per heavy atom. The van der Waals surface area contributed by atoms with Crippen molar-refractivity contribution >= 4 is 63.7 Å². The van der Waals surface area contributed by atoms with Gasteiger partial charge in [0.25, 0.3) is 5.91 Å². The zero-order chi connectivity index (χ0) is 40.8. The lowest BCUT2D eigenvalue weighted by Gasteiger charge is -2.38. The number of anilines is 4. The summed E-state index contributed by atoms with van der Waals surface area (Å²) in [6, 6.07) is 14.6. The van der Waals surface area contributed by atoms with Crippen LogP contribution in [-0.4, -0.2) is 74.9 Å². The second-order valence-corrected chi connectivity index (χ2v) is 15.6. The maximum atomic E-state index is 13.8. The summed E-state index contributed by atoms with van der Waals surface area (Å²) in [6.45, 7) is 5.48. The third-order valence-corrected chi connectivity index (χ3v) is 11.4. The zero-order valence-corrected chi connectivity index (χ0v) is 32.3. The highest BCUT2D eigenvalue weighted by atomic mass is 32.1. The summed E-state index contributed by atoms with van der Waals surface area (Å²) in [5.74, 6) is -0.674. The number of rotatable bonds is 10. The number of carbonyl (C=O) groups is 4. The molecule has 57 heavy (non-hydrogen) atoms. The first-order chi connectivity index (χ1) is 27.1. The van der Waals surface area contributed by atoms with Crippen molar-refractivity contribution in [3.8, 4) is 11.8 Å². The van der Waals surface area contributed by atoms with E-state index in [1.807, 2.05) is 19.1 Å². The van der Waals surface area contributed by atoms with Crippen molar-refractivity contribution in [3.63, 3.8) is 0 Å². The monoisotopic (exact) mass is 802 g/mol. The van der Waals surface area contributed by atoms with E-state index in [0.29, 0.717) is 35.7 Å². The fraction of sp³-hybridized carbons (Fsp3) is 0.425. The number of piperidine rings is 2. The van der Waals surface area contributed by atoms with Crippen LogP contribution in [0.2, 0.25) is 0 Å². The summed E-state index contributed by atoms with van der Waals surface area (Å²) in [6.07, 6.45) is 0.654. The number of ether oxygens (including phenoxy) is 1. The molecule has 13 nitrogen and oxygen atoms in total. The molecule has 3 aromatic rings. The van der Waals surface area contributed by atoms with Crippen molar-refractivity contribution in [2.45, 2.75) is 102 Å². The Morgan fingerprint density at radius 1 is 1.05 bits per heavy atom. The number of aromatic nitrogens is 1. The van der Waals surface area contributed by atoms with Crippen molar-refractivity contribution in [1.82, 2.24) is 15.2 Å². The van der Waals surface area contributed by atoms with Gasteiger partial charge in [-0.2, -0.15) is 18.4 Å². The van der Waals surface area contributed by atoms with Crippen LogP contribution in [0.3, 0.4) is 0 Å². The third-order valence-electron chi connectivity index (χ3n) is 11.1. The number of nitrogens with one attached hydrogen (secondary N) is 3. The summed E-state index contributed by atoms with van der Waals surface area (Å²) >= 11 is 5.71. The Bertz CT molecular complexity index is 2180. The zero-order valence-electron chi connectivity index (χ0n) is 31.5. The summed E-state index contributed by atoms with van der Waals surface area (Å²) in [5.41, 5.74) is -0.815. The quantitative estimate of drug-likeness (QED) is 0.171. The van der Waals surface area contributed by atoms with Crippen LogP contribution in [0.25, 0.3) is 0 Å². The van der Waals surface area contributed by atoms with E-state index in [4.69, 9.17) is 17.0 Å². The van der Waals surface area contributed by atoms with Gasteiger partial charge in [-0.15, -0.1) is 0 Å². The normalized spacial score (nSPS) is 23.3. The van der Waals surface area contributed by atoms with Gasteiger partial charge >= 0.3 is 6.18 Å². The van der Waals surface area contributed by atoms with E-state index in [-0.39, 0.29) is 59.7 Å². The largest absolute Gasteiger partial charge is 0.490 e. The highest BCUT2D eigenvalue weighted by Gasteiger charge is 2.51. The Balaban J connectivity index is 0.992. The van der Waals surface area contributed by atoms with Crippen molar-refractivity contribution in [2.24, 2.45) is 0 Å². The third kappa shape index (κ3) is 7.88. The molecule has 0 saturated carbocycles. The van der Waals surface area contributed by atoms with Crippen LogP contribution in [0.15, 0.2) is 54.7 Å². The van der Waals surface area contributed by atoms with E-state index in [1.54, 1.807) is 49.1 Å². The number of pyridine rings is 1. The summed E-state index contributed by atoms with van der Waals surface area (Å²) in [5, 5.41) is 17.6. The first-order valence-electron chi connectivity index (χ1n) is 18.8. The molecule has 2 bridgehead atoms. The van der Waals surface area contributed by atoms with E-state index >= 15 is 0 Å². The highest BCUT2D eigenvalue weighted by molar-refractivity contribution is 7.81. The number of hydrogen-bond donors (Lipinski definition) is 3. The van der Waals surface area contributed by atoms with Crippen LogP contribution in [0.4, 0.5) is 35.9 Å². The molecule has 4 saturated heterocycles. The Kier molecular flexibility index (Phi) is 10.7. The molecule has 0 spiro atoms. The van der Waals surface area contributed by atoms with Gasteiger partial charge in [-0.3, -0.25) is 34.3 Å². The number of amides is 4. The number of nitrogens with zero attached hydrogens (tertiary/aromatic N) is 5. The molecule has 3 atom stereocenters. The molecule has 7 rings (SSSR count). The first-order valence-corrected chi connectivity index (χ1v) is 19.2. The standard InChI is InChI=1S/C40H41F3N8O5S/c1-4-22-14-27(51-38(57)50(37(55)39(51,2)3)28-18-30(40(41,42)43)32(19-44)45-20-28)10-12-33(22)56-29-16-25-8-9-26(17-29)49(25)21-35(53)47-24-7-5-6-23(15-24)46-31-11-13-34(52)48-36(31)54/h5-7,10,12,14-15,18,20,25-26,29,31,46H,4,8-9,11,13,16-17,21H2,1-3H3,(H,47,53)(H,48,52,54). The second-order valence-electron chi connectivity index (χ2n) is 15.2. The molecule has 4 aliphatic heterocycles. The summed E-state index contributed by atoms with van der Waals surface area (Å²) < 4.78 is 47.9. The number of halogens is 3. The fourth-order valence-corrected chi connectivity index (χ4v) is 8.80. The predicted molar refractivity (Wildman–Crippen MR) is 208 cm³/mol. The average molecular weight is 803 g/mol. The van der Waals surface area contributed by atoms with E-state index in [2.05, 4.69) is 25.8 Å². The lowest BCUT2D eigenvalue weighted by Crippen LogP contribution is -2.49. The fourth-order valence-electron chi connectivity index (χ4n) is 8.28. The number of thiocarbonyl (C=S) groups is 1. The minimum Gasteiger partial charge on any atom is -0.490 e. The van der Waals surface area contributed by atoms with Gasteiger partial charge in [0, 0.05) is 35.6 Å². The average Bonchev–Trinajstić information content (AvgIpc) is 3.48. The van der Waals surface area contributed by atoms with Crippen LogP contribution in [0.1, 0.15) is 76.1 Å². The van der Waals surface area contributed by atoms with Gasteiger partial charge in [0.05, 0.1) is 24.0 Å². The molecule has 5 heterocycles. The predicted octanol–water partition coefficient (Wildman–Crippen LogP) is 5.68. The van der Waals surface area contributed by atoms with Crippen molar-refractivity contribution < 1.29 is 37.1 Å². The lowest BCUT2D eigenvalue weighted by molar-refractivity contribution is -0.138. The van der Waals surface area contributed by atoms with Gasteiger partial charge in [-0.1, -0.05) is 13.0 Å². The van der Waals surface area contributed by atoms with E-state index in [0.717, 1.165) is 48.4 Å². The number of alkyl halides is 3. The Morgan fingerprint density at radius 3 is 2.44 bits per heavy atom. The maximum Gasteiger partial charge on any atom is 0.419 e. The molecule has 4 fully saturated rings. The van der Waals surface area contributed by atoms with Crippen LogP contribution in [0.5, 0.6) is 5.75 Å². The van der Waals surface area contributed by atoms with E-state index in [9.17, 15) is 37.6 Å². The molecule has 4 amide bonds. The van der Waals surface area contributed by atoms with Gasteiger partial charge < -0.3 is 20.3 Å². The molecule has 0 radical (unpaired) electrons. The molecule has 298 valence electrons. The Labute approximate surface area is 332 Å². The molecular formula is C40H41F3N8O5S. The number of aryl methyl sites for hydroxylation is 1. The number of nitriles is 1. The number of hydrogen-bond acceptors (Lipinski definition) is 10. The second kappa shape index (κ2) is 15.4. The molecular weight excluding hydrogens is 762 g/mol. The van der Waals surface area contributed by atoms with Gasteiger partial charge in [-0.25, -0.2) is 4.98 Å². The van der Waals surface area contributed by atoms with Crippen molar-refractivity contribution in [1.29, 1.82) is 5.26 Å². The summed E-state index contributed by atoms with van der Waals surface area (Å²) in [7, 11) is 0. The van der Waals surface area contributed by atoms with Gasteiger partial charge in [0.2, 0.25) is 17.7 Å². The van der Waals surface area contributed by atoms with Gasteiger partial charge in [0.1, 0.15) is 29.5 Å². The topological polar surface area (TPSA) is 160 Å². The van der Waals surface area contributed by atoms with Crippen molar-refractivity contribution in [2.75, 3.05) is 27.0 Å². The van der Waals surface area contributed by atoms with Crippen LogP contribution in [0, 0.1) is 11.3 Å². The maximum absolute atomic E-state index is 13.8. The lowest BCUT2D eigenvalue weighted by atomic mass is 9.99. The molecule has 17 heteroatoms. The number of fused-ring (bicyclic) bond motifs is 2. The number of imide groups is 1. The number of benzene rings is 2. The first kappa shape index (κ1) is 39.6. The van der Waals surface area contributed by atoms with Crippen LogP contribution >= 0.6 is 12.2 Å². The summed E-state index contributed by atoms with van der Waals surface area (Å²) in [4.78, 5) is 59.2. The minimum absolute atomic E-state index is 0.0232. The van der Waals surface area contributed by atoms with Crippen LogP contribution < -0.4 is 30.5 Å². The smallest absolute Gasteiger partial charge is 0.419 e. The van der Waals surface area contributed by atoms with Crippen molar-refractivity contribution in [3.05, 3.63) is 71.5 Å². The number of carbonyl (C=O) groups excluding carboxylic acids is 4.